The Morgan fingerprint density at radius 3 is 2.61 bits per heavy atom. The summed E-state index contributed by atoms with van der Waals surface area (Å²) < 4.78 is 0. The molecule has 0 bridgehead atoms. The molecule has 28 heavy (non-hydrogen) atoms. The first-order chi connectivity index (χ1) is 13.5. The van der Waals surface area contributed by atoms with Gasteiger partial charge in [0.05, 0.1) is 5.92 Å². The van der Waals surface area contributed by atoms with Crippen molar-refractivity contribution in [3.8, 4) is 0 Å². The van der Waals surface area contributed by atoms with Crippen LogP contribution in [0.2, 0.25) is 0 Å². The highest BCUT2D eigenvalue weighted by molar-refractivity contribution is 6.07. The van der Waals surface area contributed by atoms with Crippen molar-refractivity contribution in [3.63, 3.8) is 0 Å². The van der Waals surface area contributed by atoms with Crippen LogP contribution in [-0.2, 0) is 10.3 Å². The van der Waals surface area contributed by atoms with Gasteiger partial charge in [-0.25, -0.2) is 0 Å². The van der Waals surface area contributed by atoms with E-state index in [0.717, 1.165) is 16.3 Å². The fourth-order valence-corrected chi connectivity index (χ4v) is 5.13. The molecular weight excluding hydrogens is 354 g/mol. The molecule has 0 unspecified atom stereocenters. The van der Waals surface area contributed by atoms with Crippen LogP contribution in [-0.4, -0.2) is 35.4 Å². The van der Waals surface area contributed by atoms with Gasteiger partial charge in [-0.15, -0.1) is 0 Å². The van der Waals surface area contributed by atoms with E-state index in [4.69, 9.17) is 0 Å². The fourth-order valence-electron chi connectivity index (χ4n) is 5.13. The molecule has 140 valence electrons. The number of hydrogen-bond acceptors (Lipinski definition) is 4. The molecule has 6 nitrogen and oxygen atoms in total. The van der Waals surface area contributed by atoms with E-state index in [1.807, 2.05) is 72.6 Å². The van der Waals surface area contributed by atoms with Gasteiger partial charge in [0, 0.05) is 22.7 Å². The molecule has 0 saturated carbocycles. The molecular formula is C22H19N3O3. The number of carbonyl (C=O) groups excluding carboxylic acids is 1. The fraction of sp³-hybridized carbons (Fsp3) is 0.227. The van der Waals surface area contributed by atoms with Gasteiger partial charge in [-0.1, -0.05) is 60.7 Å². The summed E-state index contributed by atoms with van der Waals surface area (Å²) in [6.45, 7) is 0.432. The van der Waals surface area contributed by atoms with Gasteiger partial charge in [0.2, 0.25) is 0 Å². The second-order valence-corrected chi connectivity index (χ2v) is 7.55. The Hall–Kier alpha value is -3.25. The molecule has 1 N–H and O–H groups in total. The molecule has 1 saturated heterocycles. The molecule has 1 fully saturated rings. The van der Waals surface area contributed by atoms with Crippen molar-refractivity contribution in [1.29, 1.82) is 0 Å². The van der Waals surface area contributed by atoms with Crippen molar-refractivity contribution in [2.45, 2.75) is 17.5 Å². The van der Waals surface area contributed by atoms with Crippen LogP contribution < -0.4 is 5.32 Å². The highest BCUT2D eigenvalue weighted by atomic mass is 16.6. The van der Waals surface area contributed by atoms with Crippen LogP contribution in [0.4, 0.5) is 5.69 Å². The van der Waals surface area contributed by atoms with E-state index in [0.29, 0.717) is 17.8 Å². The lowest BCUT2D eigenvalue weighted by molar-refractivity contribution is -0.534. The number of fused-ring (bicyclic) bond motifs is 3. The Balaban J connectivity index is 1.75. The maximum absolute atomic E-state index is 13.2. The summed E-state index contributed by atoms with van der Waals surface area (Å²) in [5.41, 5.74) is 0.958. The minimum Gasteiger partial charge on any atom is -0.324 e. The molecule has 0 radical (unpaired) electrons. The number of nitrogens with one attached hydrogen (secondary N) is 1. The normalized spacial score (nSPS) is 26.5. The Labute approximate surface area is 161 Å². The zero-order chi connectivity index (χ0) is 19.5. The van der Waals surface area contributed by atoms with Gasteiger partial charge in [-0.2, -0.15) is 0 Å². The van der Waals surface area contributed by atoms with Gasteiger partial charge in [0.1, 0.15) is 0 Å². The maximum atomic E-state index is 13.2. The first kappa shape index (κ1) is 16.9. The van der Waals surface area contributed by atoms with E-state index in [1.165, 1.54) is 0 Å². The summed E-state index contributed by atoms with van der Waals surface area (Å²) in [4.78, 5) is 27.1. The van der Waals surface area contributed by atoms with Crippen LogP contribution in [0.15, 0.2) is 66.7 Å². The monoisotopic (exact) mass is 373 g/mol. The van der Waals surface area contributed by atoms with E-state index < -0.39 is 17.5 Å². The van der Waals surface area contributed by atoms with Gasteiger partial charge in [-0.05, 0) is 29.4 Å². The third kappa shape index (κ3) is 2.03. The van der Waals surface area contributed by atoms with Crippen molar-refractivity contribution < 1.29 is 9.72 Å². The number of benzene rings is 3. The number of amides is 1. The lowest BCUT2D eigenvalue weighted by atomic mass is 9.78. The Morgan fingerprint density at radius 2 is 1.79 bits per heavy atom. The number of nitro groups is 1. The molecule has 6 heteroatoms. The number of nitrogens with zero attached hydrogens (tertiary/aromatic N) is 2. The predicted octanol–water partition coefficient (Wildman–Crippen LogP) is 3.36. The number of likely N-dealkylation sites (N-methyl/N-ethyl adjacent to an activating group) is 1. The molecule has 1 spiro atoms. The third-order valence-electron chi connectivity index (χ3n) is 6.26. The van der Waals surface area contributed by atoms with Gasteiger partial charge < -0.3 is 5.32 Å². The number of rotatable bonds is 2. The summed E-state index contributed by atoms with van der Waals surface area (Å²) in [5, 5.41) is 17.3. The lowest BCUT2D eigenvalue weighted by Crippen LogP contribution is -2.54. The van der Waals surface area contributed by atoms with Crippen molar-refractivity contribution in [2.24, 2.45) is 0 Å². The van der Waals surface area contributed by atoms with Crippen LogP contribution in [0.5, 0.6) is 0 Å². The van der Waals surface area contributed by atoms with E-state index in [9.17, 15) is 14.9 Å². The topological polar surface area (TPSA) is 75.5 Å². The molecule has 1 amide bonds. The highest BCUT2D eigenvalue weighted by Crippen LogP contribution is 2.52. The molecule has 5 rings (SSSR count). The summed E-state index contributed by atoms with van der Waals surface area (Å²) >= 11 is 0. The quantitative estimate of drug-likeness (QED) is 0.552. The third-order valence-corrected chi connectivity index (χ3v) is 6.26. The minimum absolute atomic E-state index is 0.266. The van der Waals surface area contributed by atoms with Crippen molar-refractivity contribution >= 4 is 22.4 Å². The van der Waals surface area contributed by atoms with E-state index in [2.05, 4.69) is 5.32 Å². The van der Waals surface area contributed by atoms with E-state index >= 15 is 0 Å². The first-order valence-electron chi connectivity index (χ1n) is 9.28. The summed E-state index contributed by atoms with van der Waals surface area (Å²) in [6.07, 6.45) is 0. The summed E-state index contributed by atoms with van der Waals surface area (Å²) in [5.74, 6) is -0.719. The number of para-hydroxylation sites is 1. The summed E-state index contributed by atoms with van der Waals surface area (Å²) in [7, 11) is 1.81. The van der Waals surface area contributed by atoms with Gasteiger partial charge in [0.25, 0.3) is 11.9 Å². The maximum Gasteiger partial charge on any atom is 0.256 e. The SMILES string of the molecule is CN1C[C@H](c2cccc3ccccc23)[C@@H]([N+](=O)[O-])[C@]12C(=O)Nc1ccccc12. The molecule has 3 aromatic rings. The minimum atomic E-state index is -1.30. The van der Waals surface area contributed by atoms with Gasteiger partial charge in [0.15, 0.2) is 5.54 Å². The molecule has 3 aromatic carbocycles. The molecule has 2 aliphatic rings. The summed E-state index contributed by atoms with van der Waals surface area (Å²) in [6, 6.07) is 20.0. The number of anilines is 1. The standard InChI is InChI=1S/C22H19N3O3/c1-24-13-17(16-10-6-8-14-7-2-3-9-15(14)16)20(25(27)28)22(24)18-11-4-5-12-19(18)23-21(22)26/h2-12,17,20H,13H2,1H3,(H,23,26)/t17-,20-,22-/m1/s1. The van der Waals surface area contributed by atoms with Crippen molar-refractivity contribution in [2.75, 3.05) is 18.9 Å². The Morgan fingerprint density at radius 1 is 1.07 bits per heavy atom. The van der Waals surface area contributed by atoms with Crippen LogP contribution in [0, 0.1) is 10.1 Å². The lowest BCUT2D eigenvalue weighted by Gasteiger charge is -2.30. The largest absolute Gasteiger partial charge is 0.324 e. The Kier molecular flexibility index (Phi) is 3.54. The molecule has 2 heterocycles. The molecule has 3 atom stereocenters. The second-order valence-electron chi connectivity index (χ2n) is 7.55. The van der Waals surface area contributed by atoms with Crippen molar-refractivity contribution in [1.82, 2.24) is 4.90 Å². The number of hydrogen-bond donors (Lipinski definition) is 1. The van der Waals surface area contributed by atoms with Crippen LogP contribution in [0.25, 0.3) is 10.8 Å². The highest BCUT2D eigenvalue weighted by Gasteiger charge is 2.68. The van der Waals surface area contributed by atoms with Crippen LogP contribution in [0.3, 0.4) is 0 Å². The average Bonchev–Trinajstić information content (AvgIpc) is 3.17. The van der Waals surface area contributed by atoms with Crippen LogP contribution in [0.1, 0.15) is 17.0 Å². The predicted molar refractivity (Wildman–Crippen MR) is 107 cm³/mol. The zero-order valence-electron chi connectivity index (χ0n) is 15.3. The van der Waals surface area contributed by atoms with Crippen molar-refractivity contribution in [3.05, 3.63) is 88.0 Å². The van der Waals surface area contributed by atoms with Crippen LogP contribution >= 0.6 is 0 Å². The Bertz CT molecular complexity index is 1120. The number of carbonyl (C=O) groups is 1. The van der Waals surface area contributed by atoms with Gasteiger partial charge >= 0.3 is 0 Å². The van der Waals surface area contributed by atoms with E-state index in [-0.39, 0.29) is 10.8 Å². The molecule has 0 aliphatic carbocycles. The molecule has 2 aliphatic heterocycles. The molecule has 0 aromatic heterocycles. The smallest absolute Gasteiger partial charge is 0.256 e. The first-order valence-corrected chi connectivity index (χ1v) is 9.28. The second kappa shape index (κ2) is 5.87. The van der Waals surface area contributed by atoms with Gasteiger partial charge in [-0.3, -0.25) is 19.8 Å². The zero-order valence-corrected chi connectivity index (χ0v) is 15.3. The van der Waals surface area contributed by atoms with E-state index in [1.54, 1.807) is 6.07 Å². The average molecular weight is 373 g/mol. The number of likely N-dealkylation sites (tertiary alicyclic amines) is 1.